The second kappa shape index (κ2) is 6.04. The third-order valence-corrected chi connectivity index (χ3v) is 4.31. The number of ether oxygens (including phenoxy) is 1. The van der Waals surface area contributed by atoms with E-state index in [1.807, 2.05) is 13.8 Å². The molecule has 110 valence electrons. The molecule has 1 heterocycles. The van der Waals surface area contributed by atoms with E-state index in [4.69, 9.17) is 9.15 Å². The summed E-state index contributed by atoms with van der Waals surface area (Å²) in [6.07, 6.45) is 0. The molecule has 0 amide bonds. The number of hydrogen-bond donors (Lipinski definition) is 2. The summed E-state index contributed by atoms with van der Waals surface area (Å²) in [5, 5.41) is 2.91. The third-order valence-electron chi connectivity index (χ3n) is 2.80. The van der Waals surface area contributed by atoms with E-state index in [2.05, 4.69) is 10.0 Å². The van der Waals surface area contributed by atoms with Crippen molar-refractivity contribution in [2.45, 2.75) is 37.8 Å². The summed E-state index contributed by atoms with van der Waals surface area (Å²) in [6, 6.07) is 1.54. The van der Waals surface area contributed by atoms with Gasteiger partial charge >= 0.3 is 0 Å². The van der Waals surface area contributed by atoms with Gasteiger partial charge in [0.2, 0.25) is 10.0 Å². The number of furan rings is 1. The number of nitrogens with one attached hydrogen (secondary N) is 2. The molecule has 0 aliphatic heterocycles. The first kappa shape index (κ1) is 16.2. The lowest BCUT2D eigenvalue weighted by molar-refractivity contribution is 0.0276. The summed E-state index contributed by atoms with van der Waals surface area (Å²) in [5.41, 5.74) is -0.557. The van der Waals surface area contributed by atoms with Crippen molar-refractivity contribution in [3.63, 3.8) is 0 Å². The molecule has 0 atom stereocenters. The first-order valence-corrected chi connectivity index (χ1v) is 7.49. The van der Waals surface area contributed by atoms with E-state index in [9.17, 15) is 8.42 Å². The lowest BCUT2D eigenvalue weighted by Crippen LogP contribution is -2.39. The molecule has 1 aromatic rings. The van der Waals surface area contributed by atoms with Crippen molar-refractivity contribution < 1.29 is 17.6 Å². The van der Waals surface area contributed by atoms with Gasteiger partial charge in [-0.25, -0.2) is 13.1 Å². The van der Waals surface area contributed by atoms with E-state index in [0.29, 0.717) is 18.1 Å². The van der Waals surface area contributed by atoms with Crippen LogP contribution in [-0.4, -0.2) is 34.7 Å². The maximum absolute atomic E-state index is 12.2. The van der Waals surface area contributed by atoms with E-state index in [1.165, 1.54) is 6.07 Å². The quantitative estimate of drug-likeness (QED) is 0.783. The predicted octanol–water partition coefficient (Wildman–Crippen LogP) is 1.01. The molecule has 1 aromatic heterocycles. The van der Waals surface area contributed by atoms with Crippen molar-refractivity contribution in [3.05, 3.63) is 17.6 Å². The Bertz CT molecular complexity index is 520. The highest BCUT2D eigenvalue weighted by Crippen LogP contribution is 2.20. The van der Waals surface area contributed by atoms with Gasteiger partial charge in [0, 0.05) is 19.7 Å². The first-order chi connectivity index (χ1) is 8.72. The van der Waals surface area contributed by atoms with E-state index >= 15 is 0 Å². The normalized spacial score (nSPS) is 12.9. The molecule has 0 aliphatic carbocycles. The minimum Gasteiger partial charge on any atom is -0.464 e. The van der Waals surface area contributed by atoms with E-state index in [-0.39, 0.29) is 11.4 Å². The first-order valence-electron chi connectivity index (χ1n) is 6.00. The maximum Gasteiger partial charge on any atom is 0.244 e. The number of rotatable bonds is 7. The fourth-order valence-corrected chi connectivity index (χ4v) is 2.87. The van der Waals surface area contributed by atoms with E-state index < -0.39 is 15.6 Å². The number of aryl methyl sites for hydroxylation is 1. The van der Waals surface area contributed by atoms with Crippen molar-refractivity contribution in [1.82, 2.24) is 10.0 Å². The molecular formula is C12H22N2O4S. The molecular weight excluding hydrogens is 268 g/mol. The van der Waals surface area contributed by atoms with Gasteiger partial charge in [0.25, 0.3) is 0 Å². The van der Waals surface area contributed by atoms with Crippen molar-refractivity contribution in [3.8, 4) is 0 Å². The topological polar surface area (TPSA) is 80.6 Å². The van der Waals surface area contributed by atoms with Crippen LogP contribution in [0.5, 0.6) is 0 Å². The molecule has 0 fully saturated rings. The molecule has 0 aromatic carbocycles. The van der Waals surface area contributed by atoms with Crippen LogP contribution < -0.4 is 10.0 Å². The highest BCUT2D eigenvalue weighted by atomic mass is 32.2. The van der Waals surface area contributed by atoms with Gasteiger partial charge in [-0.1, -0.05) is 0 Å². The lowest BCUT2D eigenvalue weighted by Gasteiger charge is -2.22. The molecule has 0 spiro atoms. The van der Waals surface area contributed by atoms with Crippen LogP contribution in [0, 0.1) is 6.92 Å². The average Bonchev–Trinajstić information content (AvgIpc) is 2.70. The molecule has 2 N–H and O–H groups in total. The Hall–Kier alpha value is -0.890. The van der Waals surface area contributed by atoms with Gasteiger partial charge in [0.1, 0.15) is 16.4 Å². The Morgan fingerprint density at radius 3 is 2.58 bits per heavy atom. The summed E-state index contributed by atoms with van der Waals surface area (Å²) < 4.78 is 37.5. The average molecular weight is 290 g/mol. The molecule has 0 bridgehead atoms. The summed E-state index contributed by atoms with van der Waals surface area (Å²) in [5.74, 6) is 0.972. The predicted molar refractivity (Wildman–Crippen MR) is 72.5 cm³/mol. The zero-order valence-electron chi connectivity index (χ0n) is 12.0. The van der Waals surface area contributed by atoms with Gasteiger partial charge in [-0.05, 0) is 27.8 Å². The molecule has 0 aliphatic rings. The van der Waals surface area contributed by atoms with Crippen LogP contribution in [0.15, 0.2) is 15.4 Å². The van der Waals surface area contributed by atoms with Crippen LogP contribution in [0.1, 0.15) is 25.4 Å². The van der Waals surface area contributed by atoms with Gasteiger partial charge in [-0.15, -0.1) is 0 Å². The van der Waals surface area contributed by atoms with E-state index in [0.717, 1.165) is 0 Å². The van der Waals surface area contributed by atoms with E-state index in [1.54, 1.807) is 21.1 Å². The summed E-state index contributed by atoms with van der Waals surface area (Å²) in [4.78, 5) is 0.171. The number of sulfonamides is 1. The number of hydrogen-bond acceptors (Lipinski definition) is 5. The smallest absolute Gasteiger partial charge is 0.244 e. The number of methoxy groups -OCH3 is 1. The fourth-order valence-electron chi connectivity index (χ4n) is 1.47. The third kappa shape index (κ3) is 4.31. The Balaban J connectivity index is 2.88. The molecule has 0 unspecified atom stereocenters. The Kier molecular flexibility index (Phi) is 5.14. The Morgan fingerprint density at radius 1 is 1.42 bits per heavy atom. The highest BCUT2D eigenvalue weighted by molar-refractivity contribution is 7.89. The second-order valence-corrected chi connectivity index (χ2v) is 6.69. The van der Waals surface area contributed by atoms with Gasteiger partial charge in [0.15, 0.2) is 0 Å². The Morgan fingerprint density at radius 2 is 2.05 bits per heavy atom. The fraction of sp³-hybridized carbons (Fsp3) is 0.667. The lowest BCUT2D eigenvalue weighted by atomic mass is 10.1. The zero-order chi connectivity index (χ0) is 14.7. The minimum absolute atomic E-state index is 0.171. The van der Waals surface area contributed by atoms with Crippen LogP contribution in [-0.2, 0) is 21.3 Å². The van der Waals surface area contributed by atoms with Crippen LogP contribution in [0.4, 0.5) is 0 Å². The van der Waals surface area contributed by atoms with Gasteiger partial charge in [-0.3, -0.25) is 0 Å². The molecule has 0 saturated heterocycles. The summed E-state index contributed by atoms with van der Waals surface area (Å²) in [7, 11) is -0.270. The van der Waals surface area contributed by atoms with Gasteiger partial charge in [0.05, 0.1) is 12.1 Å². The molecule has 1 rings (SSSR count). The van der Waals surface area contributed by atoms with Crippen molar-refractivity contribution >= 4 is 10.0 Å². The van der Waals surface area contributed by atoms with Crippen molar-refractivity contribution in [2.24, 2.45) is 0 Å². The molecule has 6 nitrogen and oxygen atoms in total. The largest absolute Gasteiger partial charge is 0.464 e. The SMILES string of the molecule is CNCc1cc(S(=O)(=O)NCC(C)(C)OC)c(C)o1. The molecule has 19 heavy (non-hydrogen) atoms. The zero-order valence-corrected chi connectivity index (χ0v) is 12.8. The molecule has 0 radical (unpaired) electrons. The second-order valence-electron chi connectivity index (χ2n) is 4.95. The van der Waals surface area contributed by atoms with Crippen molar-refractivity contribution in [2.75, 3.05) is 20.7 Å². The Labute approximate surface area is 114 Å². The minimum atomic E-state index is -3.58. The van der Waals surface area contributed by atoms with Crippen molar-refractivity contribution in [1.29, 1.82) is 0 Å². The van der Waals surface area contributed by atoms with Crippen LogP contribution >= 0.6 is 0 Å². The molecule has 7 heteroatoms. The van der Waals surface area contributed by atoms with Crippen LogP contribution in [0.2, 0.25) is 0 Å². The summed E-state index contributed by atoms with van der Waals surface area (Å²) in [6.45, 7) is 5.93. The monoisotopic (exact) mass is 290 g/mol. The summed E-state index contributed by atoms with van der Waals surface area (Å²) >= 11 is 0. The molecule has 0 saturated carbocycles. The van der Waals surface area contributed by atoms with Gasteiger partial charge in [-0.2, -0.15) is 0 Å². The van der Waals surface area contributed by atoms with Gasteiger partial charge < -0.3 is 14.5 Å². The standard InChI is InChI=1S/C12H22N2O4S/c1-9-11(6-10(18-9)7-13-4)19(15,16)14-8-12(2,3)17-5/h6,13-14H,7-8H2,1-5H3. The van der Waals surface area contributed by atoms with Crippen LogP contribution in [0.3, 0.4) is 0 Å². The highest BCUT2D eigenvalue weighted by Gasteiger charge is 2.25. The maximum atomic E-state index is 12.2. The van der Waals surface area contributed by atoms with Crippen LogP contribution in [0.25, 0.3) is 0 Å².